The monoisotopic (exact) mass is 487 g/mol. The van der Waals surface area contributed by atoms with E-state index in [2.05, 4.69) is 15.6 Å². The fourth-order valence-corrected chi connectivity index (χ4v) is 4.14. The van der Waals surface area contributed by atoms with Gasteiger partial charge in [-0.05, 0) is 30.3 Å². The Labute approximate surface area is 186 Å². The van der Waals surface area contributed by atoms with Gasteiger partial charge in [-0.2, -0.15) is 13.2 Å². The van der Waals surface area contributed by atoms with Crippen molar-refractivity contribution in [3.05, 3.63) is 76.8 Å². The Kier molecular flexibility index (Phi) is 7.09. The number of halogens is 4. The third-order valence-electron chi connectivity index (χ3n) is 4.19. The Morgan fingerprint density at radius 1 is 1.09 bits per heavy atom. The third-order valence-corrected chi connectivity index (χ3v) is 6.13. The summed E-state index contributed by atoms with van der Waals surface area (Å²) in [6.07, 6.45) is -3.90. The SMILES string of the molecule is O=C(NCCNc1ncc(C(F)(F)F)cc1Cl)c1ccc(CS(=O)(=O)c2ccccc2)o1. The van der Waals surface area contributed by atoms with Gasteiger partial charge in [0.1, 0.15) is 17.3 Å². The zero-order chi connectivity index (χ0) is 23.4. The maximum absolute atomic E-state index is 12.6. The second kappa shape index (κ2) is 9.61. The summed E-state index contributed by atoms with van der Waals surface area (Å²) in [7, 11) is -3.62. The van der Waals surface area contributed by atoms with Crippen LogP contribution in [0.3, 0.4) is 0 Å². The van der Waals surface area contributed by atoms with Crippen molar-refractivity contribution in [2.75, 3.05) is 18.4 Å². The number of nitrogens with zero attached hydrogens (tertiary/aromatic N) is 1. The summed E-state index contributed by atoms with van der Waals surface area (Å²) < 4.78 is 68.0. The number of pyridine rings is 1. The molecule has 1 amide bonds. The minimum absolute atomic E-state index is 0.0420. The van der Waals surface area contributed by atoms with Crippen LogP contribution in [0.5, 0.6) is 0 Å². The number of carbonyl (C=O) groups excluding carboxylic acids is 1. The number of benzene rings is 1. The lowest BCUT2D eigenvalue weighted by Gasteiger charge is -2.11. The first-order chi connectivity index (χ1) is 15.1. The highest BCUT2D eigenvalue weighted by Gasteiger charge is 2.31. The van der Waals surface area contributed by atoms with E-state index in [1.54, 1.807) is 18.2 Å². The number of nitrogens with one attached hydrogen (secondary N) is 2. The second-order valence-electron chi connectivity index (χ2n) is 6.57. The maximum Gasteiger partial charge on any atom is 0.417 e. The molecule has 2 N–H and O–H groups in total. The molecule has 12 heteroatoms. The Balaban J connectivity index is 1.51. The zero-order valence-electron chi connectivity index (χ0n) is 16.3. The van der Waals surface area contributed by atoms with E-state index in [0.717, 1.165) is 6.07 Å². The summed E-state index contributed by atoms with van der Waals surface area (Å²) in [4.78, 5) is 16.0. The molecule has 0 radical (unpaired) electrons. The van der Waals surface area contributed by atoms with Gasteiger partial charge in [0.25, 0.3) is 5.91 Å². The van der Waals surface area contributed by atoms with E-state index in [1.807, 2.05) is 0 Å². The fourth-order valence-electron chi connectivity index (χ4n) is 2.64. The lowest BCUT2D eigenvalue weighted by molar-refractivity contribution is -0.137. The summed E-state index contributed by atoms with van der Waals surface area (Å²) in [6, 6.07) is 11.4. The Hall–Kier alpha value is -3.05. The molecule has 0 atom stereocenters. The molecule has 0 saturated heterocycles. The summed E-state index contributed by atoms with van der Waals surface area (Å²) in [5.74, 6) is -0.905. The maximum atomic E-state index is 12.6. The van der Waals surface area contributed by atoms with Gasteiger partial charge in [0, 0.05) is 19.3 Å². The summed E-state index contributed by atoms with van der Waals surface area (Å²) in [5.41, 5.74) is -0.968. The number of amides is 1. The molecule has 32 heavy (non-hydrogen) atoms. The summed E-state index contributed by atoms with van der Waals surface area (Å²) >= 11 is 5.80. The molecule has 3 rings (SSSR count). The smallest absolute Gasteiger partial charge is 0.417 e. The van der Waals surface area contributed by atoms with Crippen molar-refractivity contribution in [1.29, 1.82) is 0 Å². The number of furan rings is 1. The molecule has 170 valence electrons. The van der Waals surface area contributed by atoms with Crippen LogP contribution in [-0.4, -0.2) is 32.4 Å². The molecule has 0 saturated carbocycles. The fraction of sp³-hybridized carbons (Fsp3) is 0.200. The molecule has 1 aromatic carbocycles. The molecular weight excluding hydrogens is 471 g/mol. The first kappa shape index (κ1) is 23.6. The first-order valence-electron chi connectivity index (χ1n) is 9.17. The van der Waals surface area contributed by atoms with Gasteiger partial charge >= 0.3 is 6.18 Å². The van der Waals surface area contributed by atoms with Gasteiger partial charge in [-0.15, -0.1) is 0 Å². The van der Waals surface area contributed by atoms with Crippen LogP contribution in [0, 0.1) is 0 Å². The minimum Gasteiger partial charge on any atom is -0.455 e. The van der Waals surface area contributed by atoms with Crippen molar-refractivity contribution < 1.29 is 30.8 Å². The average Bonchev–Trinajstić information content (AvgIpc) is 3.19. The average molecular weight is 488 g/mol. The van der Waals surface area contributed by atoms with Gasteiger partial charge in [-0.3, -0.25) is 4.79 Å². The van der Waals surface area contributed by atoms with Crippen LogP contribution in [0.15, 0.2) is 64.0 Å². The lowest BCUT2D eigenvalue weighted by Crippen LogP contribution is -2.28. The standard InChI is InChI=1S/C20H17ClF3N3O4S/c21-16-10-13(20(22,23)24)11-27-18(16)25-8-9-26-19(28)17-7-6-14(31-17)12-32(29,30)15-4-2-1-3-5-15/h1-7,10-11H,8-9,12H2,(H,25,27)(H,26,28). The lowest BCUT2D eigenvalue weighted by atomic mass is 10.3. The van der Waals surface area contributed by atoms with Crippen LogP contribution in [0.25, 0.3) is 0 Å². The van der Waals surface area contributed by atoms with Crippen LogP contribution >= 0.6 is 11.6 Å². The molecule has 3 aromatic rings. The third kappa shape index (κ3) is 6.01. The van der Waals surface area contributed by atoms with Crippen molar-refractivity contribution in [1.82, 2.24) is 10.3 Å². The van der Waals surface area contributed by atoms with E-state index in [4.69, 9.17) is 16.0 Å². The highest BCUT2D eigenvalue weighted by Crippen LogP contribution is 2.32. The number of sulfone groups is 1. The van der Waals surface area contributed by atoms with Crippen molar-refractivity contribution in [3.63, 3.8) is 0 Å². The number of alkyl halides is 3. The number of hydrogen-bond acceptors (Lipinski definition) is 6. The van der Waals surface area contributed by atoms with Gasteiger partial charge in [0.2, 0.25) is 0 Å². The molecule has 2 heterocycles. The minimum atomic E-state index is -4.55. The quantitative estimate of drug-likeness (QED) is 0.463. The molecule has 0 fully saturated rings. The van der Waals surface area contributed by atoms with E-state index in [1.165, 1.54) is 24.3 Å². The number of carbonyl (C=O) groups is 1. The van der Waals surface area contributed by atoms with Gasteiger partial charge in [0.15, 0.2) is 15.6 Å². The summed E-state index contributed by atoms with van der Waals surface area (Å²) in [6.45, 7) is 0.204. The second-order valence-corrected chi connectivity index (χ2v) is 8.97. The zero-order valence-corrected chi connectivity index (χ0v) is 17.9. The van der Waals surface area contributed by atoms with Crippen molar-refractivity contribution in [2.45, 2.75) is 16.8 Å². The molecular formula is C20H17ClF3N3O4S. The van der Waals surface area contributed by atoms with Crippen molar-refractivity contribution in [3.8, 4) is 0 Å². The number of hydrogen-bond donors (Lipinski definition) is 2. The molecule has 0 unspecified atom stereocenters. The van der Waals surface area contributed by atoms with Crippen molar-refractivity contribution in [2.24, 2.45) is 0 Å². The predicted octanol–water partition coefficient (Wildman–Crippen LogP) is 4.16. The van der Waals surface area contributed by atoms with E-state index >= 15 is 0 Å². The molecule has 0 bridgehead atoms. The molecule has 0 aliphatic rings. The van der Waals surface area contributed by atoms with Crippen LogP contribution in [-0.2, 0) is 21.8 Å². The molecule has 2 aromatic heterocycles. The van der Waals surface area contributed by atoms with E-state index < -0.39 is 33.2 Å². The van der Waals surface area contributed by atoms with Crippen LogP contribution < -0.4 is 10.6 Å². The topological polar surface area (TPSA) is 101 Å². The Morgan fingerprint density at radius 2 is 1.81 bits per heavy atom. The Bertz CT molecular complexity index is 1200. The molecule has 0 spiro atoms. The number of rotatable bonds is 8. The van der Waals surface area contributed by atoms with Gasteiger partial charge in [-0.25, -0.2) is 13.4 Å². The normalized spacial score (nSPS) is 11.9. The highest BCUT2D eigenvalue weighted by atomic mass is 35.5. The largest absolute Gasteiger partial charge is 0.455 e. The van der Waals surface area contributed by atoms with Crippen LogP contribution in [0.2, 0.25) is 5.02 Å². The predicted molar refractivity (Wildman–Crippen MR) is 111 cm³/mol. The molecule has 0 aliphatic carbocycles. The molecule has 0 aliphatic heterocycles. The van der Waals surface area contributed by atoms with E-state index in [-0.39, 0.29) is 40.3 Å². The van der Waals surface area contributed by atoms with Crippen LogP contribution in [0.4, 0.5) is 19.0 Å². The first-order valence-corrected chi connectivity index (χ1v) is 11.2. The van der Waals surface area contributed by atoms with Crippen LogP contribution in [0.1, 0.15) is 21.9 Å². The van der Waals surface area contributed by atoms with Gasteiger partial charge in [0.05, 0.1) is 15.5 Å². The van der Waals surface area contributed by atoms with Gasteiger partial charge in [-0.1, -0.05) is 29.8 Å². The van der Waals surface area contributed by atoms with E-state index in [0.29, 0.717) is 6.20 Å². The highest BCUT2D eigenvalue weighted by molar-refractivity contribution is 7.90. The summed E-state index contributed by atoms with van der Waals surface area (Å²) in [5, 5.41) is 5.05. The number of anilines is 1. The van der Waals surface area contributed by atoms with E-state index in [9.17, 15) is 26.4 Å². The Morgan fingerprint density at radius 3 is 2.47 bits per heavy atom. The number of aromatic nitrogens is 1. The van der Waals surface area contributed by atoms with Gasteiger partial charge < -0.3 is 15.1 Å². The molecule has 7 nitrogen and oxygen atoms in total. The van der Waals surface area contributed by atoms with Crippen molar-refractivity contribution >= 4 is 33.2 Å².